The van der Waals surface area contributed by atoms with Gasteiger partial charge in [-0.1, -0.05) is 55.5 Å². The molecule has 117 valence electrons. The molecule has 22 heavy (non-hydrogen) atoms. The fraction of sp³-hybridized carbons (Fsp3) is 0.350. The summed E-state index contributed by atoms with van der Waals surface area (Å²) >= 11 is 0. The van der Waals surface area contributed by atoms with Crippen molar-refractivity contribution in [2.75, 3.05) is 0 Å². The van der Waals surface area contributed by atoms with Crippen molar-refractivity contribution in [2.45, 2.75) is 44.7 Å². The van der Waals surface area contributed by atoms with Crippen LogP contribution in [0.2, 0.25) is 0 Å². The second-order valence-electron chi connectivity index (χ2n) is 6.07. The molecule has 0 saturated heterocycles. The van der Waals surface area contributed by atoms with Crippen LogP contribution in [0.25, 0.3) is 0 Å². The van der Waals surface area contributed by atoms with Gasteiger partial charge in [0.2, 0.25) is 0 Å². The van der Waals surface area contributed by atoms with Crippen LogP contribution in [0.15, 0.2) is 48.5 Å². The number of rotatable bonds is 7. The third kappa shape index (κ3) is 4.43. The van der Waals surface area contributed by atoms with Crippen LogP contribution < -0.4 is 11.5 Å². The molecule has 0 fully saturated rings. The highest BCUT2D eigenvalue weighted by Gasteiger charge is 2.10. The number of hydrogen-bond donors (Lipinski definition) is 2. The van der Waals surface area contributed by atoms with Crippen LogP contribution in [0.5, 0.6) is 0 Å². The molecule has 1 radical (unpaired) electrons. The molecule has 0 aromatic heterocycles. The molecule has 0 amide bonds. The van der Waals surface area contributed by atoms with E-state index in [1.54, 1.807) is 0 Å². The number of benzene rings is 2. The van der Waals surface area contributed by atoms with Gasteiger partial charge in [0.1, 0.15) is 0 Å². The van der Waals surface area contributed by atoms with E-state index in [1.165, 1.54) is 22.3 Å². The summed E-state index contributed by atoms with van der Waals surface area (Å²) in [5.74, 6) is 0.872. The van der Waals surface area contributed by atoms with Gasteiger partial charge in [-0.25, -0.2) is 0 Å². The van der Waals surface area contributed by atoms with Crippen LogP contribution >= 0.6 is 0 Å². The third-order valence-electron chi connectivity index (χ3n) is 4.42. The summed E-state index contributed by atoms with van der Waals surface area (Å²) in [4.78, 5) is 0. The van der Waals surface area contributed by atoms with E-state index in [-0.39, 0.29) is 0 Å². The Morgan fingerprint density at radius 3 is 1.68 bits per heavy atom. The summed E-state index contributed by atoms with van der Waals surface area (Å²) in [6.45, 7) is 7.79. The van der Waals surface area contributed by atoms with E-state index >= 15 is 0 Å². The molecule has 2 unspecified atom stereocenters. The Labute approximate surface area is 134 Å². The standard InChI is InChI=1S/C20H27N2/c1-15(19-9-5-17(13-21)6-10-19)3-4-16(2)20-11-7-18(14-22)8-12-20/h5-12,15-16H,1,3-4,13-14,21-22H2,2H3. The monoisotopic (exact) mass is 295 g/mol. The lowest BCUT2D eigenvalue weighted by molar-refractivity contribution is 0.598. The first-order chi connectivity index (χ1) is 10.6. The molecule has 0 bridgehead atoms. The van der Waals surface area contributed by atoms with Gasteiger partial charge < -0.3 is 11.5 Å². The summed E-state index contributed by atoms with van der Waals surface area (Å²) in [6.07, 6.45) is 2.22. The van der Waals surface area contributed by atoms with Gasteiger partial charge in [-0.15, -0.1) is 0 Å². The van der Waals surface area contributed by atoms with Crippen molar-refractivity contribution in [3.05, 3.63) is 77.7 Å². The molecule has 2 aromatic rings. The predicted octanol–water partition coefficient (Wildman–Crippen LogP) is 4.11. The van der Waals surface area contributed by atoms with Crippen LogP contribution in [0.3, 0.4) is 0 Å². The zero-order valence-electron chi connectivity index (χ0n) is 13.5. The maximum absolute atomic E-state index is 5.64. The Bertz CT molecular complexity index is 504. The third-order valence-corrected chi connectivity index (χ3v) is 4.42. The second-order valence-corrected chi connectivity index (χ2v) is 6.07. The smallest absolute Gasteiger partial charge is 0.0178 e. The van der Waals surface area contributed by atoms with E-state index in [0.29, 0.717) is 24.9 Å². The zero-order valence-corrected chi connectivity index (χ0v) is 13.5. The first-order valence-electron chi connectivity index (χ1n) is 8.05. The molecule has 4 N–H and O–H groups in total. The molecular formula is C20H27N2. The first kappa shape index (κ1) is 16.7. The van der Waals surface area contributed by atoms with E-state index < -0.39 is 0 Å². The number of hydrogen-bond acceptors (Lipinski definition) is 2. The highest BCUT2D eigenvalue weighted by molar-refractivity contribution is 5.27. The minimum absolute atomic E-state index is 0.331. The Kier molecular flexibility index (Phi) is 6.17. The van der Waals surface area contributed by atoms with Gasteiger partial charge in [0.25, 0.3) is 0 Å². The maximum atomic E-state index is 5.64. The minimum atomic E-state index is 0.331. The normalized spacial score (nSPS) is 13.8. The molecule has 0 saturated carbocycles. The molecule has 0 aliphatic heterocycles. The highest BCUT2D eigenvalue weighted by Crippen LogP contribution is 2.27. The average molecular weight is 295 g/mol. The van der Waals surface area contributed by atoms with Crippen molar-refractivity contribution >= 4 is 0 Å². The van der Waals surface area contributed by atoms with E-state index in [1.807, 2.05) is 0 Å². The van der Waals surface area contributed by atoms with Gasteiger partial charge in [-0.3, -0.25) is 0 Å². The van der Waals surface area contributed by atoms with Crippen LogP contribution in [-0.4, -0.2) is 0 Å². The SMILES string of the molecule is [CH2]C(CCC(C)c1ccc(CN)cc1)c1ccc(CN)cc1. The van der Waals surface area contributed by atoms with Gasteiger partial charge in [0, 0.05) is 13.1 Å². The van der Waals surface area contributed by atoms with Crippen molar-refractivity contribution in [3.63, 3.8) is 0 Å². The lowest BCUT2D eigenvalue weighted by atomic mass is 9.89. The molecule has 2 nitrogen and oxygen atoms in total. The Hall–Kier alpha value is -1.64. The fourth-order valence-electron chi connectivity index (χ4n) is 2.69. The average Bonchev–Trinajstić information content (AvgIpc) is 2.59. The van der Waals surface area contributed by atoms with Crippen molar-refractivity contribution in [1.82, 2.24) is 0 Å². The lowest BCUT2D eigenvalue weighted by Crippen LogP contribution is -2.01. The Balaban J connectivity index is 1.89. The van der Waals surface area contributed by atoms with E-state index in [0.717, 1.165) is 12.8 Å². The van der Waals surface area contributed by atoms with E-state index in [2.05, 4.69) is 62.4 Å². The van der Waals surface area contributed by atoms with Gasteiger partial charge >= 0.3 is 0 Å². The van der Waals surface area contributed by atoms with Crippen molar-refractivity contribution in [2.24, 2.45) is 11.5 Å². The van der Waals surface area contributed by atoms with Gasteiger partial charge in [0.15, 0.2) is 0 Å². The minimum Gasteiger partial charge on any atom is -0.326 e. The Morgan fingerprint density at radius 1 is 0.773 bits per heavy atom. The van der Waals surface area contributed by atoms with Crippen molar-refractivity contribution < 1.29 is 0 Å². The summed E-state index contributed by atoms with van der Waals surface area (Å²) < 4.78 is 0. The molecular weight excluding hydrogens is 268 g/mol. The summed E-state index contributed by atoms with van der Waals surface area (Å²) in [7, 11) is 0. The van der Waals surface area contributed by atoms with Gasteiger partial charge in [-0.2, -0.15) is 0 Å². The molecule has 2 atom stereocenters. The second kappa shape index (κ2) is 8.11. The van der Waals surface area contributed by atoms with Crippen LogP contribution in [0, 0.1) is 6.92 Å². The highest BCUT2D eigenvalue weighted by atomic mass is 14.5. The van der Waals surface area contributed by atoms with Crippen molar-refractivity contribution in [3.8, 4) is 0 Å². The molecule has 0 aliphatic carbocycles. The largest absolute Gasteiger partial charge is 0.326 e. The summed E-state index contributed by atoms with van der Waals surface area (Å²) in [5, 5.41) is 0. The van der Waals surface area contributed by atoms with Crippen LogP contribution in [0.1, 0.15) is 53.9 Å². The van der Waals surface area contributed by atoms with Crippen LogP contribution in [0.4, 0.5) is 0 Å². The molecule has 0 spiro atoms. The topological polar surface area (TPSA) is 52.0 Å². The maximum Gasteiger partial charge on any atom is 0.0178 e. The molecule has 2 aromatic carbocycles. The van der Waals surface area contributed by atoms with E-state index in [9.17, 15) is 0 Å². The molecule has 0 heterocycles. The quantitative estimate of drug-likeness (QED) is 0.807. The predicted molar refractivity (Wildman–Crippen MR) is 94.4 cm³/mol. The Morgan fingerprint density at radius 2 is 1.23 bits per heavy atom. The summed E-state index contributed by atoms with van der Waals surface area (Å²) in [6, 6.07) is 17.1. The van der Waals surface area contributed by atoms with Gasteiger partial charge in [-0.05, 0) is 53.9 Å². The molecule has 2 rings (SSSR count). The van der Waals surface area contributed by atoms with Crippen molar-refractivity contribution in [1.29, 1.82) is 0 Å². The zero-order chi connectivity index (χ0) is 15.9. The fourth-order valence-corrected chi connectivity index (χ4v) is 2.69. The van der Waals surface area contributed by atoms with E-state index in [4.69, 9.17) is 11.5 Å². The number of nitrogens with two attached hydrogens (primary N) is 2. The summed E-state index contributed by atoms with van der Waals surface area (Å²) in [5.41, 5.74) is 16.3. The first-order valence-corrected chi connectivity index (χ1v) is 8.05. The molecule has 0 aliphatic rings. The molecule has 2 heteroatoms. The van der Waals surface area contributed by atoms with Gasteiger partial charge in [0.05, 0.1) is 0 Å². The lowest BCUT2D eigenvalue weighted by Gasteiger charge is -2.17. The van der Waals surface area contributed by atoms with Crippen LogP contribution in [-0.2, 0) is 13.1 Å².